The van der Waals surface area contributed by atoms with Crippen LogP contribution >= 0.6 is 0 Å². The number of rotatable bonds is 5. The van der Waals surface area contributed by atoms with Gasteiger partial charge >= 0.3 is 0 Å². The first-order valence-corrected chi connectivity index (χ1v) is 15.2. The minimum atomic E-state index is 0.204. The van der Waals surface area contributed by atoms with E-state index in [-0.39, 0.29) is 11.5 Å². The van der Waals surface area contributed by atoms with Crippen LogP contribution in [0.15, 0.2) is 156 Å². The van der Waals surface area contributed by atoms with Crippen molar-refractivity contribution in [2.24, 2.45) is 9.98 Å². The Bertz CT molecular complexity index is 2340. The Balaban J connectivity index is 1.34. The van der Waals surface area contributed by atoms with Crippen LogP contribution in [-0.4, -0.2) is 22.6 Å². The van der Waals surface area contributed by atoms with Gasteiger partial charge in [0.15, 0.2) is 0 Å². The molecule has 0 aliphatic carbocycles. The highest BCUT2D eigenvalue weighted by atomic mass is 16.3. The molecule has 8 rings (SSSR count). The fourth-order valence-electron chi connectivity index (χ4n) is 6.29. The predicted molar refractivity (Wildman–Crippen MR) is 193 cm³/mol. The number of hydrogen-bond donors (Lipinski definition) is 2. The van der Waals surface area contributed by atoms with Crippen LogP contribution in [0.4, 0.5) is 11.4 Å². The summed E-state index contributed by atoms with van der Waals surface area (Å²) in [6.45, 7) is 0. The van der Waals surface area contributed by atoms with Crippen LogP contribution in [0, 0.1) is 0 Å². The zero-order valence-corrected chi connectivity index (χ0v) is 24.8. The zero-order valence-electron chi connectivity index (χ0n) is 24.8. The maximum atomic E-state index is 11.1. The molecule has 0 atom stereocenters. The van der Waals surface area contributed by atoms with Gasteiger partial charge in [0.1, 0.15) is 11.5 Å². The largest absolute Gasteiger partial charge is 0.507 e. The van der Waals surface area contributed by atoms with Gasteiger partial charge in [0.05, 0.1) is 11.4 Å². The topological polar surface area (TPSA) is 65.2 Å². The number of hydrogen-bond acceptors (Lipinski definition) is 4. The number of fused-ring (bicyclic) bond motifs is 4. The van der Waals surface area contributed by atoms with Crippen molar-refractivity contribution in [2.75, 3.05) is 0 Å². The summed E-state index contributed by atoms with van der Waals surface area (Å²) in [6, 6.07) is 48.1. The average Bonchev–Trinajstić information content (AvgIpc) is 3.11. The van der Waals surface area contributed by atoms with E-state index in [0.29, 0.717) is 11.1 Å². The lowest BCUT2D eigenvalue weighted by molar-refractivity contribution is 0.480. The Morgan fingerprint density at radius 2 is 0.674 bits per heavy atom. The van der Waals surface area contributed by atoms with Crippen molar-refractivity contribution in [3.8, 4) is 22.6 Å². The first-order chi connectivity index (χ1) is 22.7. The molecule has 0 fully saturated rings. The molecule has 0 aliphatic heterocycles. The van der Waals surface area contributed by atoms with Gasteiger partial charge in [0, 0.05) is 45.5 Å². The van der Waals surface area contributed by atoms with Gasteiger partial charge in [-0.1, -0.05) is 121 Å². The minimum absolute atomic E-state index is 0.204. The standard InChI is InChI=1S/C42H28N2O2/c45-41-31(19-17-29-11-3-7-15-35(29)41)25-43-37-23-21-27-9-1-5-13-33(27)39(37)40-34-14-6-2-10-28(34)22-24-38(40)44-26-32-20-18-30-12-4-8-16-36(30)42(32)46/h1-26,45-46H. The molecule has 46 heavy (non-hydrogen) atoms. The van der Waals surface area contributed by atoms with Crippen molar-refractivity contribution in [1.82, 2.24) is 0 Å². The third-order valence-corrected chi connectivity index (χ3v) is 8.61. The molecule has 0 aliphatic rings. The average molecular weight is 593 g/mol. The molecule has 0 aromatic heterocycles. The summed E-state index contributed by atoms with van der Waals surface area (Å²) in [6.07, 6.45) is 3.47. The van der Waals surface area contributed by atoms with Gasteiger partial charge in [-0.25, -0.2) is 0 Å². The van der Waals surface area contributed by atoms with Crippen LogP contribution in [0.1, 0.15) is 11.1 Å². The summed E-state index contributed by atoms with van der Waals surface area (Å²) in [5.41, 5.74) is 4.68. The second-order valence-corrected chi connectivity index (χ2v) is 11.3. The number of nitrogens with zero attached hydrogens (tertiary/aromatic N) is 2. The van der Waals surface area contributed by atoms with Gasteiger partial charge in [-0.15, -0.1) is 0 Å². The van der Waals surface area contributed by atoms with E-state index >= 15 is 0 Å². The predicted octanol–water partition coefficient (Wildman–Crippen LogP) is 10.9. The normalized spacial score (nSPS) is 11.9. The van der Waals surface area contributed by atoms with E-state index in [1.807, 2.05) is 109 Å². The highest BCUT2D eigenvalue weighted by Crippen LogP contribution is 2.46. The molecule has 0 heterocycles. The number of benzene rings is 8. The Morgan fingerprint density at radius 3 is 1.09 bits per heavy atom. The molecule has 4 nitrogen and oxygen atoms in total. The van der Waals surface area contributed by atoms with Crippen LogP contribution < -0.4 is 0 Å². The molecule has 8 aromatic carbocycles. The van der Waals surface area contributed by atoms with Gasteiger partial charge in [-0.3, -0.25) is 9.98 Å². The Morgan fingerprint density at radius 1 is 0.348 bits per heavy atom. The highest BCUT2D eigenvalue weighted by molar-refractivity contribution is 6.14. The molecule has 4 heteroatoms. The fraction of sp³-hybridized carbons (Fsp3) is 0. The van der Waals surface area contributed by atoms with Gasteiger partial charge < -0.3 is 10.2 Å². The molecule has 2 N–H and O–H groups in total. The van der Waals surface area contributed by atoms with E-state index in [1.54, 1.807) is 12.4 Å². The SMILES string of the molecule is Oc1c(C=Nc2ccc3ccccc3c2-c2c(N=Cc3ccc4ccccc4c3O)ccc3ccccc23)ccc2ccccc12. The van der Waals surface area contributed by atoms with Crippen molar-refractivity contribution in [2.45, 2.75) is 0 Å². The Kier molecular flexibility index (Phi) is 6.73. The van der Waals surface area contributed by atoms with E-state index in [9.17, 15) is 10.2 Å². The fourth-order valence-corrected chi connectivity index (χ4v) is 6.29. The van der Waals surface area contributed by atoms with E-state index in [4.69, 9.17) is 9.98 Å². The molecule has 0 saturated heterocycles. The molecular formula is C42H28N2O2. The smallest absolute Gasteiger partial charge is 0.132 e. The van der Waals surface area contributed by atoms with Crippen LogP contribution in [0.5, 0.6) is 11.5 Å². The molecule has 8 aromatic rings. The maximum Gasteiger partial charge on any atom is 0.132 e. The quantitative estimate of drug-likeness (QED) is 0.195. The molecule has 0 spiro atoms. The van der Waals surface area contributed by atoms with E-state index < -0.39 is 0 Å². The Hall–Kier alpha value is -6.26. The van der Waals surface area contributed by atoms with Gasteiger partial charge in [0.25, 0.3) is 0 Å². The van der Waals surface area contributed by atoms with E-state index in [1.165, 1.54) is 0 Å². The summed E-state index contributed by atoms with van der Waals surface area (Å²) in [5, 5.41) is 30.0. The van der Waals surface area contributed by atoms with Crippen molar-refractivity contribution in [3.05, 3.63) is 157 Å². The summed E-state index contributed by atoms with van der Waals surface area (Å²) >= 11 is 0. The van der Waals surface area contributed by atoms with Crippen molar-refractivity contribution >= 4 is 66.9 Å². The summed E-state index contributed by atoms with van der Waals surface area (Å²) in [7, 11) is 0. The lowest BCUT2D eigenvalue weighted by Crippen LogP contribution is -1.90. The van der Waals surface area contributed by atoms with Crippen molar-refractivity contribution in [3.63, 3.8) is 0 Å². The van der Waals surface area contributed by atoms with Crippen molar-refractivity contribution in [1.29, 1.82) is 0 Å². The molecule has 0 saturated carbocycles. The number of aromatic hydroxyl groups is 2. The highest BCUT2D eigenvalue weighted by Gasteiger charge is 2.17. The van der Waals surface area contributed by atoms with E-state index in [0.717, 1.165) is 65.6 Å². The molecule has 218 valence electrons. The molecule has 0 unspecified atom stereocenters. The molecule has 0 amide bonds. The lowest BCUT2D eigenvalue weighted by atomic mass is 9.91. The number of aliphatic imine (C=N–C) groups is 2. The van der Waals surface area contributed by atoms with Gasteiger partial charge in [-0.05, 0) is 56.6 Å². The third-order valence-electron chi connectivity index (χ3n) is 8.61. The second-order valence-electron chi connectivity index (χ2n) is 11.3. The maximum absolute atomic E-state index is 11.1. The summed E-state index contributed by atoms with van der Waals surface area (Å²) < 4.78 is 0. The lowest BCUT2D eigenvalue weighted by Gasteiger charge is -2.16. The van der Waals surface area contributed by atoms with Crippen LogP contribution in [0.25, 0.3) is 54.2 Å². The monoisotopic (exact) mass is 592 g/mol. The molecule has 0 bridgehead atoms. The third kappa shape index (κ3) is 4.73. The van der Waals surface area contributed by atoms with E-state index in [2.05, 4.69) is 36.4 Å². The first kappa shape index (κ1) is 27.3. The second kappa shape index (κ2) is 11.3. The van der Waals surface area contributed by atoms with Crippen LogP contribution in [0.3, 0.4) is 0 Å². The number of phenolic OH excluding ortho intramolecular Hbond substituents is 2. The minimum Gasteiger partial charge on any atom is -0.507 e. The zero-order chi connectivity index (χ0) is 31.0. The van der Waals surface area contributed by atoms with Gasteiger partial charge in [0.2, 0.25) is 0 Å². The van der Waals surface area contributed by atoms with Gasteiger partial charge in [-0.2, -0.15) is 0 Å². The first-order valence-electron chi connectivity index (χ1n) is 15.2. The molecular weight excluding hydrogens is 564 g/mol. The van der Waals surface area contributed by atoms with Crippen LogP contribution in [-0.2, 0) is 0 Å². The molecule has 0 radical (unpaired) electrons. The number of phenols is 2. The van der Waals surface area contributed by atoms with Crippen molar-refractivity contribution < 1.29 is 10.2 Å². The summed E-state index contributed by atoms with van der Waals surface area (Å²) in [5.74, 6) is 0.407. The Labute approximate surface area is 265 Å². The van der Waals surface area contributed by atoms with Crippen LogP contribution in [0.2, 0.25) is 0 Å². The summed E-state index contributed by atoms with van der Waals surface area (Å²) in [4.78, 5) is 10.0.